The highest BCUT2D eigenvalue weighted by Crippen LogP contribution is 2.34. The summed E-state index contributed by atoms with van der Waals surface area (Å²) in [6.45, 7) is 7.58. The smallest absolute Gasteiger partial charge is 0.248 e. The molecule has 4 unspecified atom stereocenters. The number of aliphatic hydroxyl groups excluding tert-OH is 1. The van der Waals surface area contributed by atoms with Gasteiger partial charge in [-0.15, -0.1) is 0 Å². The normalized spacial score (nSPS) is 22.1. The van der Waals surface area contributed by atoms with E-state index in [1.54, 1.807) is 6.92 Å². The summed E-state index contributed by atoms with van der Waals surface area (Å²) in [5, 5.41) is 13.3. The lowest BCUT2D eigenvalue weighted by Gasteiger charge is -2.35. The Morgan fingerprint density at radius 3 is 2.39 bits per heavy atom. The van der Waals surface area contributed by atoms with Crippen LogP contribution in [0.4, 0.5) is 0 Å². The topological polar surface area (TPSA) is 78.9 Å². The van der Waals surface area contributed by atoms with Gasteiger partial charge in [-0.05, 0) is 31.1 Å². The average Bonchev–Trinajstić information content (AvgIpc) is 2.90. The Hall–Kier alpha value is -0.690. The van der Waals surface area contributed by atoms with Crippen LogP contribution in [-0.2, 0) is 14.3 Å². The van der Waals surface area contributed by atoms with Gasteiger partial charge in [0.1, 0.15) is 11.8 Å². The zero-order valence-corrected chi connectivity index (χ0v) is 19.3. The van der Waals surface area contributed by atoms with Gasteiger partial charge < -0.3 is 20.1 Å². The molecule has 162 valence electrons. The lowest BCUT2D eigenvalue weighted by atomic mass is 9.94. The quantitative estimate of drug-likeness (QED) is 0.517. The van der Waals surface area contributed by atoms with E-state index in [0.717, 1.165) is 0 Å². The van der Waals surface area contributed by atoms with Crippen LogP contribution in [0, 0.1) is 11.8 Å². The molecule has 0 aromatic carbocycles. The summed E-state index contributed by atoms with van der Waals surface area (Å²) in [6.07, 6.45) is 1.92. The fourth-order valence-electron chi connectivity index (χ4n) is 3.27. The first kappa shape index (κ1) is 25.3. The summed E-state index contributed by atoms with van der Waals surface area (Å²) >= 11 is 17.5. The molecule has 0 saturated heterocycles. The number of nitrogens with one attached hydrogen (secondary N) is 1. The summed E-state index contributed by atoms with van der Waals surface area (Å²) < 4.78 is 3.94. The molecule has 9 heteroatoms. The number of ether oxygens (including phenoxy) is 1. The van der Waals surface area contributed by atoms with Crippen LogP contribution in [0.15, 0.2) is 11.8 Å². The van der Waals surface area contributed by atoms with E-state index in [0.29, 0.717) is 18.6 Å². The van der Waals surface area contributed by atoms with Gasteiger partial charge in [-0.3, -0.25) is 9.59 Å². The number of hydrogen-bond acceptors (Lipinski definition) is 4. The zero-order valence-electron chi connectivity index (χ0n) is 17.0. The van der Waals surface area contributed by atoms with Crippen LogP contribution in [0.3, 0.4) is 0 Å². The maximum atomic E-state index is 13.4. The maximum absolute atomic E-state index is 13.4. The number of carbonyl (C=O) groups is 2. The van der Waals surface area contributed by atoms with E-state index in [4.69, 9.17) is 39.5 Å². The molecule has 1 rings (SSSR count). The van der Waals surface area contributed by atoms with Crippen molar-refractivity contribution in [2.75, 3.05) is 7.11 Å². The summed E-state index contributed by atoms with van der Waals surface area (Å²) in [4.78, 5) is 26.8. The minimum atomic E-state index is -1.44. The minimum Gasteiger partial charge on any atom is -0.499 e. The molecule has 0 fully saturated rings. The van der Waals surface area contributed by atoms with Crippen molar-refractivity contribution >= 4 is 46.6 Å². The van der Waals surface area contributed by atoms with Gasteiger partial charge in [0.05, 0.1) is 13.2 Å². The van der Waals surface area contributed by atoms with Gasteiger partial charge in [0, 0.05) is 12.5 Å². The first-order valence-corrected chi connectivity index (χ1v) is 10.7. The number of rotatable bonds is 9. The Labute approximate surface area is 182 Å². The first-order valence-electron chi connectivity index (χ1n) is 9.53. The summed E-state index contributed by atoms with van der Waals surface area (Å²) in [5.74, 6) is -0.107. The Morgan fingerprint density at radius 1 is 1.32 bits per heavy atom. The van der Waals surface area contributed by atoms with E-state index in [2.05, 4.69) is 5.32 Å². The third kappa shape index (κ3) is 7.29. The van der Waals surface area contributed by atoms with E-state index >= 15 is 0 Å². The van der Waals surface area contributed by atoms with Crippen LogP contribution in [0.25, 0.3) is 0 Å². The molecular weight excluding hydrogens is 427 g/mol. The Kier molecular flexibility index (Phi) is 9.87. The number of nitrogens with zero attached hydrogens (tertiary/aromatic N) is 1. The predicted octanol–water partition coefficient (Wildman–Crippen LogP) is 3.77. The van der Waals surface area contributed by atoms with E-state index in [9.17, 15) is 14.7 Å². The second-order valence-corrected chi connectivity index (χ2v) is 10.1. The molecular formula is C19H31Cl3N2O4. The fourth-order valence-corrected chi connectivity index (χ4v) is 3.59. The standard InChI is InChI=1S/C19H31Cl3N2O4/c1-6-15(25)23-17(12(4)7-8-19(20,21)22)18(27)24-13(9-11(2)3)14(28-5)10-16(24)26/h10-13,16-17,26H,6-9H2,1-5H3,(H,23,25). The van der Waals surface area contributed by atoms with Crippen molar-refractivity contribution in [3.63, 3.8) is 0 Å². The van der Waals surface area contributed by atoms with Crippen LogP contribution in [0.2, 0.25) is 0 Å². The molecule has 1 aliphatic rings. The zero-order chi connectivity index (χ0) is 21.6. The molecule has 0 spiro atoms. The fraction of sp³-hybridized carbons (Fsp3) is 0.789. The van der Waals surface area contributed by atoms with Gasteiger partial charge in [-0.1, -0.05) is 62.5 Å². The highest BCUT2D eigenvalue weighted by molar-refractivity contribution is 6.67. The van der Waals surface area contributed by atoms with Gasteiger partial charge in [-0.2, -0.15) is 0 Å². The number of carbonyl (C=O) groups excluding carboxylic acids is 2. The van der Waals surface area contributed by atoms with E-state index in [1.807, 2.05) is 20.8 Å². The number of methoxy groups -OCH3 is 1. The molecule has 6 nitrogen and oxygen atoms in total. The van der Waals surface area contributed by atoms with Crippen molar-refractivity contribution in [3.05, 3.63) is 11.8 Å². The molecule has 0 aromatic rings. The second-order valence-electron chi connectivity index (χ2n) is 7.61. The number of halogens is 3. The van der Waals surface area contributed by atoms with Crippen LogP contribution >= 0.6 is 34.8 Å². The number of amides is 2. The van der Waals surface area contributed by atoms with Crippen molar-refractivity contribution in [2.45, 2.75) is 75.5 Å². The first-order chi connectivity index (χ1) is 12.9. The third-order valence-electron chi connectivity index (χ3n) is 4.80. The van der Waals surface area contributed by atoms with Crippen LogP contribution < -0.4 is 5.32 Å². The molecule has 0 aromatic heterocycles. The Bertz CT molecular complexity index is 578. The lowest BCUT2D eigenvalue weighted by Crippen LogP contribution is -2.55. The molecule has 2 amide bonds. The SMILES string of the molecule is CCC(=O)NC(C(=O)N1C(O)C=C(OC)C1CC(C)C)C(C)CCC(Cl)(Cl)Cl. The van der Waals surface area contributed by atoms with Crippen LogP contribution in [-0.4, -0.2) is 51.0 Å². The predicted molar refractivity (Wildman–Crippen MR) is 112 cm³/mol. The molecule has 0 bridgehead atoms. The molecule has 0 radical (unpaired) electrons. The van der Waals surface area contributed by atoms with Crippen molar-refractivity contribution in [2.24, 2.45) is 11.8 Å². The number of aliphatic hydroxyl groups is 1. The largest absolute Gasteiger partial charge is 0.499 e. The van der Waals surface area contributed by atoms with E-state index < -0.39 is 22.1 Å². The molecule has 0 aliphatic carbocycles. The highest BCUT2D eigenvalue weighted by Gasteiger charge is 2.42. The van der Waals surface area contributed by atoms with Gasteiger partial charge in [0.15, 0.2) is 10.0 Å². The molecule has 1 heterocycles. The maximum Gasteiger partial charge on any atom is 0.248 e. The molecule has 2 N–H and O–H groups in total. The minimum absolute atomic E-state index is 0.237. The van der Waals surface area contributed by atoms with Crippen molar-refractivity contribution in [3.8, 4) is 0 Å². The van der Waals surface area contributed by atoms with Gasteiger partial charge >= 0.3 is 0 Å². The number of alkyl halides is 3. The van der Waals surface area contributed by atoms with Gasteiger partial charge in [0.25, 0.3) is 0 Å². The average molecular weight is 458 g/mol. The molecule has 4 atom stereocenters. The van der Waals surface area contributed by atoms with Crippen LogP contribution in [0.1, 0.15) is 53.4 Å². The second kappa shape index (κ2) is 10.9. The highest BCUT2D eigenvalue weighted by atomic mass is 35.6. The molecule has 0 saturated carbocycles. The van der Waals surface area contributed by atoms with Crippen molar-refractivity contribution < 1.29 is 19.4 Å². The molecule has 1 aliphatic heterocycles. The summed E-state index contributed by atoms with van der Waals surface area (Å²) in [6, 6.07) is -1.23. The summed E-state index contributed by atoms with van der Waals surface area (Å²) in [5.41, 5.74) is 0. The van der Waals surface area contributed by atoms with E-state index in [-0.39, 0.29) is 36.5 Å². The number of hydrogen-bond donors (Lipinski definition) is 2. The Balaban J connectivity index is 3.10. The Morgan fingerprint density at radius 2 is 1.93 bits per heavy atom. The molecule has 28 heavy (non-hydrogen) atoms. The monoisotopic (exact) mass is 456 g/mol. The third-order valence-corrected chi connectivity index (χ3v) is 5.37. The van der Waals surface area contributed by atoms with Gasteiger partial charge in [0.2, 0.25) is 11.8 Å². The van der Waals surface area contributed by atoms with Crippen molar-refractivity contribution in [1.29, 1.82) is 0 Å². The lowest BCUT2D eigenvalue weighted by molar-refractivity contribution is -0.146. The summed E-state index contributed by atoms with van der Waals surface area (Å²) in [7, 11) is 1.51. The van der Waals surface area contributed by atoms with Crippen LogP contribution in [0.5, 0.6) is 0 Å². The van der Waals surface area contributed by atoms with Crippen molar-refractivity contribution in [1.82, 2.24) is 10.2 Å². The van der Waals surface area contributed by atoms with Gasteiger partial charge in [-0.25, -0.2) is 0 Å². The van der Waals surface area contributed by atoms with E-state index in [1.165, 1.54) is 18.1 Å².